The van der Waals surface area contributed by atoms with Crippen LogP contribution in [-0.4, -0.2) is 37.0 Å². The lowest BCUT2D eigenvalue weighted by Crippen LogP contribution is -2.53. The van der Waals surface area contributed by atoms with Crippen molar-refractivity contribution in [3.63, 3.8) is 0 Å². The first-order valence-corrected chi connectivity index (χ1v) is 3.85. The number of rotatable bonds is 3. The van der Waals surface area contributed by atoms with Gasteiger partial charge >= 0.3 is 0 Å². The first-order valence-electron chi connectivity index (χ1n) is 3.85. The van der Waals surface area contributed by atoms with Crippen LogP contribution >= 0.6 is 0 Å². The molecule has 0 saturated carbocycles. The lowest BCUT2D eigenvalue weighted by molar-refractivity contribution is -0.133. The molecule has 0 radical (unpaired) electrons. The van der Waals surface area contributed by atoms with Gasteiger partial charge in [-0.05, 0) is 13.0 Å². The van der Waals surface area contributed by atoms with E-state index in [1.54, 1.807) is 18.0 Å². The molecule has 1 aliphatic heterocycles. The van der Waals surface area contributed by atoms with E-state index in [0.717, 1.165) is 13.0 Å². The molecule has 1 aliphatic rings. The molecule has 1 saturated heterocycles. The van der Waals surface area contributed by atoms with Crippen LogP contribution in [0.1, 0.15) is 6.42 Å². The maximum absolute atomic E-state index is 11.3. The van der Waals surface area contributed by atoms with Crippen LogP contribution in [-0.2, 0) is 4.79 Å². The second-order valence-electron chi connectivity index (χ2n) is 2.80. The van der Waals surface area contributed by atoms with Crippen molar-refractivity contribution in [1.29, 1.82) is 0 Å². The van der Waals surface area contributed by atoms with Gasteiger partial charge in [0.25, 0.3) is 0 Å². The van der Waals surface area contributed by atoms with Crippen molar-refractivity contribution in [2.24, 2.45) is 0 Å². The van der Waals surface area contributed by atoms with Crippen LogP contribution in [0.3, 0.4) is 0 Å². The summed E-state index contributed by atoms with van der Waals surface area (Å²) in [6, 6.07) is 0.0694. The van der Waals surface area contributed by atoms with Gasteiger partial charge in [0.1, 0.15) is 0 Å². The molecule has 0 aromatic rings. The molecule has 3 nitrogen and oxygen atoms in total. The van der Waals surface area contributed by atoms with E-state index in [2.05, 4.69) is 11.9 Å². The third kappa shape index (κ3) is 1.80. The van der Waals surface area contributed by atoms with Gasteiger partial charge in [0.05, 0.1) is 6.04 Å². The van der Waals surface area contributed by atoms with E-state index in [1.807, 2.05) is 0 Å². The molecule has 0 aromatic carbocycles. The van der Waals surface area contributed by atoms with Gasteiger partial charge in [-0.25, -0.2) is 0 Å². The van der Waals surface area contributed by atoms with Gasteiger partial charge in [-0.2, -0.15) is 0 Å². The maximum atomic E-state index is 11.3. The molecule has 0 unspecified atom stereocenters. The zero-order valence-electron chi connectivity index (χ0n) is 6.84. The van der Waals surface area contributed by atoms with Gasteiger partial charge in [-0.3, -0.25) is 4.79 Å². The normalized spacial score (nSPS) is 22.1. The van der Waals surface area contributed by atoms with Crippen LogP contribution in [0.4, 0.5) is 0 Å². The summed E-state index contributed by atoms with van der Waals surface area (Å²) in [7, 11) is 1.80. The van der Waals surface area contributed by atoms with Crippen LogP contribution in [0.25, 0.3) is 0 Å². The molecule has 0 bridgehead atoms. The Hall–Kier alpha value is -0.830. The second kappa shape index (κ2) is 3.53. The molecule has 1 atom stereocenters. The summed E-state index contributed by atoms with van der Waals surface area (Å²) in [4.78, 5) is 13.0. The number of likely N-dealkylation sites (N-methyl/N-ethyl adjacent to an activating group) is 1. The minimum absolute atomic E-state index is 0.0694. The second-order valence-corrected chi connectivity index (χ2v) is 2.80. The van der Waals surface area contributed by atoms with Crippen LogP contribution < -0.4 is 5.32 Å². The van der Waals surface area contributed by atoms with Crippen LogP contribution in [0.15, 0.2) is 12.7 Å². The van der Waals surface area contributed by atoms with Crippen molar-refractivity contribution in [3.05, 3.63) is 12.7 Å². The molecule has 1 amide bonds. The summed E-state index contributed by atoms with van der Waals surface area (Å²) in [5.41, 5.74) is 0. The van der Waals surface area contributed by atoms with E-state index >= 15 is 0 Å². The predicted molar refractivity (Wildman–Crippen MR) is 44.2 cm³/mol. The Morgan fingerprint density at radius 2 is 2.55 bits per heavy atom. The molecule has 0 aliphatic carbocycles. The van der Waals surface area contributed by atoms with Crippen molar-refractivity contribution in [1.82, 2.24) is 10.2 Å². The average molecular weight is 154 g/mol. The summed E-state index contributed by atoms with van der Waals surface area (Å²) in [5.74, 6) is 0.177. The minimum Gasteiger partial charge on any atom is -0.341 e. The van der Waals surface area contributed by atoms with Crippen molar-refractivity contribution in [2.45, 2.75) is 12.5 Å². The molecule has 1 fully saturated rings. The van der Waals surface area contributed by atoms with Gasteiger partial charge in [-0.15, -0.1) is 6.58 Å². The fraction of sp³-hybridized carbons (Fsp3) is 0.625. The monoisotopic (exact) mass is 154 g/mol. The molecular formula is C8H14N2O. The van der Waals surface area contributed by atoms with Crippen LogP contribution in [0.5, 0.6) is 0 Å². The van der Waals surface area contributed by atoms with Gasteiger partial charge in [0, 0.05) is 13.6 Å². The van der Waals surface area contributed by atoms with Crippen LogP contribution in [0.2, 0.25) is 0 Å². The Morgan fingerprint density at radius 1 is 1.91 bits per heavy atom. The Bertz CT molecular complexity index is 163. The zero-order chi connectivity index (χ0) is 8.27. The molecule has 3 heteroatoms. The number of amides is 1. The first kappa shape index (κ1) is 8.27. The predicted octanol–water partition coefficient (Wildman–Crippen LogP) is -0.00730. The number of carbonyl (C=O) groups excluding carboxylic acids is 1. The third-order valence-corrected chi connectivity index (χ3v) is 1.90. The van der Waals surface area contributed by atoms with Gasteiger partial charge < -0.3 is 10.2 Å². The number of nitrogens with zero attached hydrogens (tertiary/aromatic N) is 1. The van der Waals surface area contributed by atoms with E-state index in [9.17, 15) is 4.79 Å². The highest BCUT2D eigenvalue weighted by atomic mass is 16.2. The fourth-order valence-electron chi connectivity index (χ4n) is 1.05. The molecule has 62 valence electrons. The van der Waals surface area contributed by atoms with Crippen molar-refractivity contribution < 1.29 is 4.79 Å². The van der Waals surface area contributed by atoms with E-state index in [1.165, 1.54) is 0 Å². The largest absolute Gasteiger partial charge is 0.341 e. The average Bonchev–Trinajstić information content (AvgIpc) is 1.84. The molecule has 1 rings (SSSR count). The van der Waals surface area contributed by atoms with Gasteiger partial charge in [-0.1, -0.05) is 6.08 Å². The highest BCUT2D eigenvalue weighted by Gasteiger charge is 2.26. The lowest BCUT2D eigenvalue weighted by Gasteiger charge is -2.30. The molecule has 0 aromatic heterocycles. The molecular weight excluding hydrogens is 140 g/mol. The number of carbonyl (C=O) groups is 1. The quantitative estimate of drug-likeness (QED) is 0.580. The molecule has 0 spiro atoms. The number of hydrogen-bond donors (Lipinski definition) is 1. The van der Waals surface area contributed by atoms with E-state index in [4.69, 9.17) is 0 Å². The van der Waals surface area contributed by atoms with Gasteiger partial charge in [0.2, 0.25) is 5.91 Å². The summed E-state index contributed by atoms with van der Waals surface area (Å²) in [6.07, 6.45) is 2.71. The van der Waals surface area contributed by atoms with Crippen LogP contribution in [0, 0.1) is 0 Å². The maximum Gasteiger partial charge on any atom is 0.239 e. The van der Waals surface area contributed by atoms with Crippen molar-refractivity contribution >= 4 is 5.91 Å². The third-order valence-electron chi connectivity index (χ3n) is 1.90. The SMILES string of the molecule is C=CCN(C)C(=O)[C@H]1CCN1. The standard InChI is InChI=1S/C8H14N2O/c1-3-6-10(2)8(11)7-4-5-9-7/h3,7,9H,1,4-6H2,2H3/t7-/m1/s1. The lowest BCUT2D eigenvalue weighted by atomic mass is 10.1. The minimum atomic E-state index is 0.0694. The number of nitrogens with one attached hydrogen (secondary N) is 1. The molecule has 1 N–H and O–H groups in total. The Labute approximate surface area is 67.1 Å². The molecule has 1 heterocycles. The highest BCUT2D eigenvalue weighted by Crippen LogP contribution is 2.04. The smallest absolute Gasteiger partial charge is 0.239 e. The number of hydrogen-bond acceptors (Lipinski definition) is 2. The summed E-state index contributed by atoms with van der Waals surface area (Å²) >= 11 is 0. The fourth-order valence-corrected chi connectivity index (χ4v) is 1.05. The Kier molecular flexibility index (Phi) is 2.65. The molecule has 11 heavy (non-hydrogen) atoms. The van der Waals surface area contributed by atoms with E-state index < -0.39 is 0 Å². The Balaban J connectivity index is 2.32. The van der Waals surface area contributed by atoms with E-state index in [0.29, 0.717) is 6.54 Å². The van der Waals surface area contributed by atoms with E-state index in [-0.39, 0.29) is 11.9 Å². The first-order chi connectivity index (χ1) is 5.25. The topological polar surface area (TPSA) is 32.3 Å². The van der Waals surface area contributed by atoms with Crippen molar-refractivity contribution in [2.75, 3.05) is 20.1 Å². The highest BCUT2D eigenvalue weighted by molar-refractivity contribution is 5.82. The van der Waals surface area contributed by atoms with Crippen molar-refractivity contribution in [3.8, 4) is 0 Å². The summed E-state index contributed by atoms with van der Waals surface area (Å²) in [5, 5.41) is 3.06. The Morgan fingerprint density at radius 3 is 2.91 bits per heavy atom. The summed E-state index contributed by atoms with van der Waals surface area (Å²) < 4.78 is 0. The zero-order valence-corrected chi connectivity index (χ0v) is 6.84. The van der Waals surface area contributed by atoms with Gasteiger partial charge in [0.15, 0.2) is 0 Å². The summed E-state index contributed by atoms with van der Waals surface area (Å²) in [6.45, 7) is 5.18.